The molecule has 0 radical (unpaired) electrons. The van der Waals surface area contributed by atoms with E-state index >= 15 is 0 Å². The molecule has 0 saturated carbocycles. The van der Waals surface area contributed by atoms with Crippen LogP contribution in [0.5, 0.6) is 5.75 Å². The molecule has 0 saturated heterocycles. The molecule has 0 atom stereocenters. The first-order valence-electron chi connectivity index (χ1n) is 6.77. The van der Waals surface area contributed by atoms with Gasteiger partial charge in [0.2, 0.25) is 0 Å². The van der Waals surface area contributed by atoms with Crippen LogP contribution in [0.25, 0.3) is 11.0 Å². The van der Waals surface area contributed by atoms with E-state index in [9.17, 15) is 4.79 Å². The number of nitrogens with zero attached hydrogens (tertiary/aromatic N) is 2. The SMILES string of the molecule is CCOc1ccc(C(=O)c2cccc3nccnc23)cc1. The average Bonchev–Trinajstić information content (AvgIpc) is 2.55. The van der Waals surface area contributed by atoms with E-state index in [1.54, 1.807) is 42.7 Å². The number of para-hydroxylation sites is 1. The molecule has 21 heavy (non-hydrogen) atoms. The number of rotatable bonds is 4. The Labute approximate surface area is 122 Å². The van der Waals surface area contributed by atoms with Crippen LogP contribution in [0.1, 0.15) is 22.8 Å². The lowest BCUT2D eigenvalue weighted by Gasteiger charge is -2.06. The van der Waals surface area contributed by atoms with Gasteiger partial charge in [-0.15, -0.1) is 0 Å². The summed E-state index contributed by atoms with van der Waals surface area (Å²) in [6.07, 6.45) is 3.21. The minimum Gasteiger partial charge on any atom is -0.494 e. The van der Waals surface area contributed by atoms with Crippen molar-refractivity contribution in [2.75, 3.05) is 6.61 Å². The van der Waals surface area contributed by atoms with Crippen molar-refractivity contribution >= 4 is 16.8 Å². The van der Waals surface area contributed by atoms with Gasteiger partial charge in [-0.25, -0.2) is 0 Å². The fourth-order valence-electron chi connectivity index (χ4n) is 2.20. The van der Waals surface area contributed by atoms with E-state index < -0.39 is 0 Å². The largest absolute Gasteiger partial charge is 0.494 e. The molecule has 104 valence electrons. The average molecular weight is 278 g/mol. The normalized spacial score (nSPS) is 10.5. The van der Waals surface area contributed by atoms with Gasteiger partial charge in [-0.05, 0) is 43.3 Å². The van der Waals surface area contributed by atoms with Crippen molar-refractivity contribution in [3.05, 3.63) is 66.0 Å². The predicted molar refractivity (Wildman–Crippen MR) is 80.6 cm³/mol. The van der Waals surface area contributed by atoms with Crippen molar-refractivity contribution < 1.29 is 9.53 Å². The summed E-state index contributed by atoms with van der Waals surface area (Å²) in [5.41, 5.74) is 2.51. The maximum atomic E-state index is 12.6. The van der Waals surface area contributed by atoms with Gasteiger partial charge in [0.1, 0.15) is 5.75 Å². The van der Waals surface area contributed by atoms with Crippen LogP contribution in [0, 0.1) is 0 Å². The van der Waals surface area contributed by atoms with Crippen LogP contribution in [0.2, 0.25) is 0 Å². The summed E-state index contributed by atoms with van der Waals surface area (Å²) < 4.78 is 5.38. The molecule has 2 aromatic carbocycles. The van der Waals surface area contributed by atoms with Crippen molar-refractivity contribution in [2.24, 2.45) is 0 Å². The Morgan fingerprint density at radius 2 is 1.81 bits per heavy atom. The van der Waals surface area contributed by atoms with Crippen LogP contribution in [0.4, 0.5) is 0 Å². The second-order valence-electron chi connectivity index (χ2n) is 4.52. The lowest BCUT2D eigenvalue weighted by atomic mass is 10.0. The fourth-order valence-corrected chi connectivity index (χ4v) is 2.20. The third kappa shape index (κ3) is 2.60. The first-order chi connectivity index (χ1) is 10.3. The summed E-state index contributed by atoms with van der Waals surface area (Å²) in [6.45, 7) is 2.53. The van der Waals surface area contributed by atoms with Gasteiger partial charge in [0.15, 0.2) is 5.78 Å². The summed E-state index contributed by atoms with van der Waals surface area (Å²) in [4.78, 5) is 21.1. The van der Waals surface area contributed by atoms with Crippen molar-refractivity contribution in [2.45, 2.75) is 6.92 Å². The van der Waals surface area contributed by atoms with Crippen molar-refractivity contribution in [1.29, 1.82) is 0 Å². The Bertz CT molecular complexity index is 777. The minimum atomic E-state index is -0.0656. The third-order valence-corrected chi connectivity index (χ3v) is 3.17. The zero-order valence-electron chi connectivity index (χ0n) is 11.6. The molecular formula is C17H14N2O2. The van der Waals surface area contributed by atoms with E-state index in [4.69, 9.17) is 4.74 Å². The molecule has 0 bridgehead atoms. The van der Waals surface area contributed by atoms with Gasteiger partial charge in [-0.1, -0.05) is 6.07 Å². The highest BCUT2D eigenvalue weighted by Gasteiger charge is 2.13. The van der Waals surface area contributed by atoms with E-state index in [-0.39, 0.29) is 5.78 Å². The molecule has 0 unspecified atom stereocenters. The first kappa shape index (κ1) is 13.2. The maximum absolute atomic E-state index is 12.6. The van der Waals surface area contributed by atoms with Gasteiger partial charge >= 0.3 is 0 Å². The summed E-state index contributed by atoms with van der Waals surface area (Å²) in [6, 6.07) is 12.6. The summed E-state index contributed by atoms with van der Waals surface area (Å²) in [7, 11) is 0. The number of carbonyl (C=O) groups excluding carboxylic acids is 1. The molecule has 1 heterocycles. The monoisotopic (exact) mass is 278 g/mol. The molecule has 0 aliphatic carbocycles. The third-order valence-electron chi connectivity index (χ3n) is 3.17. The van der Waals surface area contributed by atoms with Gasteiger partial charge < -0.3 is 4.74 Å². The zero-order chi connectivity index (χ0) is 14.7. The highest BCUT2D eigenvalue weighted by Crippen LogP contribution is 2.19. The number of fused-ring (bicyclic) bond motifs is 1. The van der Waals surface area contributed by atoms with E-state index in [0.717, 1.165) is 5.75 Å². The Balaban J connectivity index is 2.00. The Morgan fingerprint density at radius 1 is 1.05 bits per heavy atom. The lowest BCUT2D eigenvalue weighted by molar-refractivity contribution is 0.104. The van der Waals surface area contributed by atoms with Crippen LogP contribution in [0.15, 0.2) is 54.9 Å². The standard InChI is InChI=1S/C17H14N2O2/c1-2-21-13-8-6-12(7-9-13)17(20)14-4-3-5-15-16(14)19-11-10-18-15/h3-11H,2H2,1H3. The molecule has 4 heteroatoms. The molecule has 0 aliphatic heterocycles. The number of ether oxygens (including phenoxy) is 1. The van der Waals surface area contributed by atoms with Crippen molar-refractivity contribution in [1.82, 2.24) is 9.97 Å². The highest BCUT2D eigenvalue weighted by atomic mass is 16.5. The Morgan fingerprint density at radius 3 is 2.57 bits per heavy atom. The maximum Gasteiger partial charge on any atom is 0.195 e. The molecule has 4 nitrogen and oxygen atoms in total. The molecule has 0 amide bonds. The molecule has 0 aliphatic rings. The first-order valence-corrected chi connectivity index (χ1v) is 6.77. The number of hydrogen-bond acceptors (Lipinski definition) is 4. The fraction of sp³-hybridized carbons (Fsp3) is 0.118. The molecule has 0 N–H and O–H groups in total. The zero-order valence-corrected chi connectivity index (χ0v) is 11.6. The van der Waals surface area contributed by atoms with Gasteiger partial charge in [-0.2, -0.15) is 0 Å². The number of hydrogen-bond donors (Lipinski definition) is 0. The highest BCUT2D eigenvalue weighted by molar-refractivity contribution is 6.15. The summed E-state index contributed by atoms with van der Waals surface area (Å²) in [5.74, 6) is 0.691. The van der Waals surface area contributed by atoms with Crippen LogP contribution < -0.4 is 4.74 Å². The van der Waals surface area contributed by atoms with Crippen LogP contribution >= 0.6 is 0 Å². The second kappa shape index (κ2) is 5.71. The number of ketones is 1. The van der Waals surface area contributed by atoms with Crippen LogP contribution in [0.3, 0.4) is 0 Å². The van der Waals surface area contributed by atoms with E-state index in [0.29, 0.717) is 28.8 Å². The van der Waals surface area contributed by atoms with E-state index in [1.807, 2.05) is 19.1 Å². The quantitative estimate of drug-likeness (QED) is 0.687. The smallest absolute Gasteiger partial charge is 0.195 e. The van der Waals surface area contributed by atoms with Crippen LogP contribution in [-0.4, -0.2) is 22.4 Å². The summed E-state index contributed by atoms with van der Waals surface area (Å²) >= 11 is 0. The van der Waals surface area contributed by atoms with E-state index in [2.05, 4.69) is 9.97 Å². The summed E-state index contributed by atoms with van der Waals surface area (Å²) in [5, 5.41) is 0. The molecule has 0 spiro atoms. The molecular weight excluding hydrogens is 264 g/mol. The number of benzene rings is 2. The Kier molecular flexibility index (Phi) is 3.60. The molecule has 0 fully saturated rings. The second-order valence-corrected chi connectivity index (χ2v) is 4.52. The van der Waals surface area contributed by atoms with Crippen LogP contribution in [-0.2, 0) is 0 Å². The molecule has 3 aromatic rings. The molecule has 1 aromatic heterocycles. The number of aromatic nitrogens is 2. The van der Waals surface area contributed by atoms with Gasteiger partial charge in [0, 0.05) is 18.0 Å². The lowest BCUT2D eigenvalue weighted by Crippen LogP contribution is -2.03. The number of carbonyl (C=O) groups is 1. The van der Waals surface area contributed by atoms with Gasteiger partial charge in [0.25, 0.3) is 0 Å². The van der Waals surface area contributed by atoms with Gasteiger partial charge in [0.05, 0.1) is 23.2 Å². The minimum absolute atomic E-state index is 0.0656. The topological polar surface area (TPSA) is 52.1 Å². The van der Waals surface area contributed by atoms with Crippen molar-refractivity contribution in [3.8, 4) is 5.75 Å². The van der Waals surface area contributed by atoms with Gasteiger partial charge in [-0.3, -0.25) is 14.8 Å². The predicted octanol–water partition coefficient (Wildman–Crippen LogP) is 3.26. The van der Waals surface area contributed by atoms with E-state index in [1.165, 1.54) is 0 Å². The van der Waals surface area contributed by atoms with Crippen molar-refractivity contribution in [3.63, 3.8) is 0 Å². The molecule has 3 rings (SSSR count). The Hall–Kier alpha value is -2.75.